The molecule has 1 aliphatic heterocycles. The maximum Gasteiger partial charge on any atom is 0.262 e. The van der Waals surface area contributed by atoms with Gasteiger partial charge < -0.3 is 4.74 Å². The number of benzene rings is 2. The fourth-order valence-corrected chi connectivity index (χ4v) is 2.72. The summed E-state index contributed by atoms with van der Waals surface area (Å²) in [5, 5.41) is 0. The van der Waals surface area contributed by atoms with Gasteiger partial charge in [0.2, 0.25) is 0 Å². The fourth-order valence-electron chi connectivity index (χ4n) is 2.72. The van der Waals surface area contributed by atoms with Crippen LogP contribution in [0.3, 0.4) is 0 Å². The highest BCUT2D eigenvalue weighted by atomic mass is 19.2. The first-order chi connectivity index (χ1) is 11.0. The molecular formula is C17H13F2NO3. The highest BCUT2D eigenvalue weighted by molar-refractivity contribution is 6.22. The van der Waals surface area contributed by atoms with Gasteiger partial charge in [0.25, 0.3) is 11.8 Å². The number of methoxy groups -OCH3 is 1. The van der Waals surface area contributed by atoms with Gasteiger partial charge in [-0.3, -0.25) is 14.5 Å². The van der Waals surface area contributed by atoms with Crippen molar-refractivity contribution in [2.45, 2.75) is 13.5 Å². The molecule has 6 heteroatoms. The molecule has 0 spiro atoms. The zero-order chi connectivity index (χ0) is 16.7. The number of carbonyl (C=O) groups excluding carboxylic acids is 2. The summed E-state index contributed by atoms with van der Waals surface area (Å²) in [4.78, 5) is 25.8. The third-order valence-corrected chi connectivity index (χ3v) is 3.93. The summed E-state index contributed by atoms with van der Waals surface area (Å²) in [7, 11) is 1.47. The van der Waals surface area contributed by atoms with Gasteiger partial charge >= 0.3 is 0 Å². The quantitative estimate of drug-likeness (QED) is 0.817. The summed E-state index contributed by atoms with van der Waals surface area (Å²) in [5.74, 6) is -2.65. The van der Waals surface area contributed by atoms with Crippen molar-refractivity contribution in [3.63, 3.8) is 0 Å². The number of hydrogen-bond acceptors (Lipinski definition) is 3. The third kappa shape index (κ3) is 2.27. The van der Waals surface area contributed by atoms with Crippen LogP contribution in [0.5, 0.6) is 5.75 Å². The molecule has 2 amide bonds. The Bertz CT molecular complexity index is 833. The number of amides is 2. The first-order valence-electron chi connectivity index (χ1n) is 6.92. The van der Waals surface area contributed by atoms with Gasteiger partial charge in [0.1, 0.15) is 5.75 Å². The Morgan fingerprint density at radius 1 is 1.09 bits per heavy atom. The molecule has 23 heavy (non-hydrogen) atoms. The average molecular weight is 317 g/mol. The minimum atomic E-state index is -1.06. The van der Waals surface area contributed by atoms with Crippen LogP contribution in [-0.4, -0.2) is 23.8 Å². The smallest absolute Gasteiger partial charge is 0.262 e. The van der Waals surface area contributed by atoms with E-state index in [0.29, 0.717) is 11.3 Å². The SMILES string of the molecule is COc1ccc2c(c1C)C(=O)N(Cc1cccc(F)c1F)C2=O. The molecule has 0 atom stereocenters. The molecule has 0 saturated heterocycles. The number of rotatable bonds is 3. The van der Waals surface area contributed by atoms with E-state index in [1.807, 2.05) is 0 Å². The maximum absolute atomic E-state index is 13.8. The second-order valence-corrected chi connectivity index (χ2v) is 5.22. The van der Waals surface area contributed by atoms with Crippen molar-refractivity contribution in [2.24, 2.45) is 0 Å². The molecule has 0 unspecified atom stereocenters. The van der Waals surface area contributed by atoms with Gasteiger partial charge in [0.15, 0.2) is 11.6 Å². The molecule has 0 aromatic heterocycles. The van der Waals surface area contributed by atoms with Crippen molar-refractivity contribution in [2.75, 3.05) is 7.11 Å². The van der Waals surface area contributed by atoms with Crippen molar-refractivity contribution in [1.29, 1.82) is 0 Å². The standard InChI is InChI=1S/C17H13F2NO3/c1-9-13(23-2)7-6-11-14(9)17(22)20(16(11)21)8-10-4-3-5-12(18)15(10)19/h3-7H,8H2,1-2H3. The second kappa shape index (κ2) is 5.46. The molecule has 1 heterocycles. The lowest BCUT2D eigenvalue weighted by Gasteiger charge is -2.14. The van der Waals surface area contributed by atoms with Crippen molar-refractivity contribution < 1.29 is 23.1 Å². The predicted molar refractivity (Wildman–Crippen MR) is 78.3 cm³/mol. The van der Waals surface area contributed by atoms with Crippen LogP contribution in [-0.2, 0) is 6.54 Å². The third-order valence-electron chi connectivity index (χ3n) is 3.93. The lowest BCUT2D eigenvalue weighted by Crippen LogP contribution is -2.29. The molecule has 4 nitrogen and oxygen atoms in total. The molecule has 118 valence electrons. The van der Waals surface area contributed by atoms with Gasteiger partial charge in [-0.1, -0.05) is 12.1 Å². The van der Waals surface area contributed by atoms with E-state index >= 15 is 0 Å². The number of fused-ring (bicyclic) bond motifs is 1. The lowest BCUT2D eigenvalue weighted by molar-refractivity contribution is 0.0640. The van der Waals surface area contributed by atoms with E-state index in [0.717, 1.165) is 11.0 Å². The molecule has 1 aliphatic rings. The highest BCUT2D eigenvalue weighted by Crippen LogP contribution is 2.32. The number of hydrogen-bond donors (Lipinski definition) is 0. The summed E-state index contributed by atoms with van der Waals surface area (Å²) in [5.41, 5.74) is 0.978. The van der Waals surface area contributed by atoms with Gasteiger partial charge in [-0.15, -0.1) is 0 Å². The first kappa shape index (κ1) is 15.1. The molecular weight excluding hydrogens is 304 g/mol. The Kier molecular flexibility index (Phi) is 3.60. The van der Waals surface area contributed by atoms with Crippen LogP contribution in [0.1, 0.15) is 31.8 Å². The van der Waals surface area contributed by atoms with Gasteiger partial charge in [-0.2, -0.15) is 0 Å². The summed E-state index contributed by atoms with van der Waals surface area (Å²) in [6.07, 6.45) is 0. The second-order valence-electron chi connectivity index (χ2n) is 5.22. The normalized spacial score (nSPS) is 13.5. The van der Waals surface area contributed by atoms with Gasteiger partial charge in [-0.05, 0) is 25.1 Å². The molecule has 0 radical (unpaired) electrons. The maximum atomic E-state index is 13.8. The van der Waals surface area contributed by atoms with Crippen molar-refractivity contribution in [3.8, 4) is 5.75 Å². The summed E-state index contributed by atoms with van der Waals surface area (Å²) in [6.45, 7) is 1.35. The van der Waals surface area contributed by atoms with Crippen LogP contribution >= 0.6 is 0 Å². The molecule has 3 rings (SSSR count). The van der Waals surface area contributed by atoms with Crippen molar-refractivity contribution in [3.05, 3.63) is 64.2 Å². The van der Waals surface area contributed by atoms with Crippen molar-refractivity contribution >= 4 is 11.8 Å². The van der Waals surface area contributed by atoms with Gasteiger partial charge in [-0.25, -0.2) is 8.78 Å². The summed E-state index contributed by atoms with van der Waals surface area (Å²) < 4.78 is 32.2. The topological polar surface area (TPSA) is 46.6 Å². The lowest BCUT2D eigenvalue weighted by atomic mass is 10.0. The van der Waals surface area contributed by atoms with Crippen LogP contribution in [0.2, 0.25) is 0 Å². The van der Waals surface area contributed by atoms with E-state index in [2.05, 4.69) is 0 Å². The number of carbonyl (C=O) groups is 2. The summed E-state index contributed by atoms with van der Waals surface area (Å²) >= 11 is 0. The van der Waals surface area contributed by atoms with Crippen LogP contribution < -0.4 is 4.74 Å². The zero-order valence-corrected chi connectivity index (χ0v) is 12.5. The van der Waals surface area contributed by atoms with Crippen LogP contribution in [0, 0.1) is 18.6 Å². The van der Waals surface area contributed by atoms with Crippen LogP contribution in [0.15, 0.2) is 30.3 Å². The van der Waals surface area contributed by atoms with Crippen molar-refractivity contribution in [1.82, 2.24) is 4.90 Å². The molecule has 2 aromatic carbocycles. The van der Waals surface area contributed by atoms with Gasteiger partial charge in [0.05, 0.1) is 24.8 Å². The van der Waals surface area contributed by atoms with E-state index in [9.17, 15) is 18.4 Å². The fraction of sp³-hybridized carbons (Fsp3) is 0.176. The Hall–Kier alpha value is -2.76. The monoisotopic (exact) mass is 317 g/mol. The van der Waals surface area contributed by atoms with E-state index < -0.39 is 23.4 Å². The molecule has 0 N–H and O–H groups in total. The molecule has 0 fully saturated rings. The Morgan fingerprint density at radius 3 is 2.52 bits per heavy atom. The minimum absolute atomic E-state index is 0.0517. The minimum Gasteiger partial charge on any atom is -0.496 e. The Morgan fingerprint density at radius 2 is 1.83 bits per heavy atom. The molecule has 0 saturated carbocycles. The largest absolute Gasteiger partial charge is 0.496 e. The van der Waals surface area contributed by atoms with Crippen LogP contribution in [0.4, 0.5) is 8.78 Å². The number of ether oxygens (including phenoxy) is 1. The predicted octanol–water partition coefficient (Wildman–Crippen LogP) is 3.08. The number of imide groups is 1. The highest BCUT2D eigenvalue weighted by Gasteiger charge is 2.38. The zero-order valence-electron chi connectivity index (χ0n) is 12.5. The molecule has 2 aromatic rings. The average Bonchev–Trinajstić information content (AvgIpc) is 2.77. The molecule has 0 bridgehead atoms. The molecule has 0 aliphatic carbocycles. The Balaban J connectivity index is 2.01. The number of halogens is 2. The number of nitrogens with zero attached hydrogens (tertiary/aromatic N) is 1. The van der Waals surface area contributed by atoms with E-state index in [1.165, 1.54) is 25.3 Å². The van der Waals surface area contributed by atoms with E-state index in [4.69, 9.17) is 4.74 Å². The van der Waals surface area contributed by atoms with Crippen LogP contribution in [0.25, 0.3) is 0 Å². The first-order valence-corrected chi connectivity index (χ1v) is 6.92. The summed E-state index contributed by atoms with van der Waals surface area (Å²) in [6, 6.07) is 6.76. The van der Waals surface area contributed by atoms with E-state index in [1.54, 1.807) is 13.0 Å². The Labute approximate surface area is 131 Å². The van der Waals surface area contributed by atoms with E-state index in [-0.39, 0.29) is 23.2 Å². The van der Waals surface area contributed by atoms with Gasteiger partial charge in [0, 0.05) is 11.1 Å².